The van der Waals surface area contributed by atoms with Crippen LogP contribution in [0.2, 0.25) is 0 Å². The van der Waals surface area contributed by atoms with Gasteiger partial charge < -0.3 is 9.72 Å². The number of amides is 2. The third kappa shape index (κ3) is 4.27. The van der Waals surface area contributed by atoms with Crippen LogP contribution < -0.4 is 4.90 Å². The molecule has 1 atom stereocenters. The summed E-state index contributed by atoms with van der Waals surface area (Å²) in [5.41, 5.74) is 1.59. The Labute approximate surface area is 202 Å². The number of ketones is 1. The molecule has 2 amide bonds. The summed E-state index contributed by atoms with van der Waals surface area (Å²) in [5, 5.41) is 2.09. The van der Waals surface area contributed by atoms with Gasteiger partial charge in [0.2, 0.25) is 17.6 Å². The third-order valence-electron chi connectivity index (χ3n) is 5.41. The monoisotopic (exact) mass is 490 g/mol. The number of thioether (sulfide) groups is 1. The first-order valence-corrected chi connectivity index (χ1v) is 12.2. The molecule has 0 spiro atoms. The van der Waals surface area contributed by atoms with E-state index < -0.39 is 11.2 Å². The van der Waals surface area contributed by atoms with Crippen molar-refractivity contribution in [3.63, 3.8) is 0 Å². The highest BCUT2D eigenvalue weighted by Gasteiger charge is 2.40. The molecule has 3 heterocycles. The summed E-state index contributed by atoms with van der Waals surface area (Å²) in [6.07, 6.45) is 1.82. The van der Waals surface area contributed by atoms with Crippen LogP contribution >= 0.6 is 23.1 Å². The number of carbonyl (C=O) groups excluding carboxylic acids is 4. The zero-order chi connectivity index (χ0) is 23.7. The van der Waals surface area contributed by atoms with Gasteiger partial charge in [0, 0.05) is 23.0 Å². The highest BCUT2D eigenvalue weighted by atomic mass is 32.2. The van der Waals surface area contributed by atoms with E-state index in [4.69, 9.17) is 4.74 Å². The minimum absolute atomic E-state index is 0.0203. The van der Waals surface area contributed by atoms with E-state index >= 15 is 0 Å². The maximum absolute atomic E-state index is 13.1. The van der Waals surface area contributed by atoms with E-state index in [0.29, 0.717) is 15.5 Å². The number of anilines is 1. The molecular weight excluding hydrogens is 472 g/mol. The van der Waals surface area contributed by atoms with Crippen LogP contribution in [0.4, 0.5) is 5.69 Å². The average molecular weight is 491 g/mol. The quantitative estimate of drug-likeness (QED) is 0.229. The van der Waals surface area contributed by atoms with Gasteiger partial charge in [-0.3, -0.25) is 14.4 Å². The number of nitrogens with zero attached hydrogens (tertiary/aromatic N) is 1. The number of rotatable bonds is 7. The maximum atomic E-state index is 13.1. The van der Waals surface area contributed by atoms with Gasteiger partial charge in [-0.25, -0.2) is 9.69 Å². The number of imide groups is 1. The zero-order valence-electron chi connectivity index (χ0n) is 17.7. The second kappa shape index (κ2) is 9.28. The number of H-pyrrole nitrogens is 1. The summed E-state index contributed by atoms with van der Waals surface area (Å²) in [7, 11) is 0. The number of fused-ring (bicyclic) bond motifs is 1. The predicted molar refractivity (Wildman–Crippen MR) is 130 cm³/mol. The molecule has 1 aliphatic heterocycles. The number of Topliss-reactive ketones (excluding diaryl/α,β-unsaturated/α-hetero) is 1. The fraction of sp³-hybridized carbons (Fsp3) is 0.120. The molecule has 1 unspecified atom stereocenters. The second-order valence-corrected chi connectivity index (χ2v) is 9.79. The smallest absolute Gasteiger partial charge is 0.339 e. The van der Waals surface area contributed by atoms with E-state index in [0.717, 1.165) is 22.7 Å². The van der Waals surface area contributed by atoms with Crippen LogP contribution in [-0.2, 0) is 14.3 Å². The Balaban J connectivity index is 1.31. The number of aromatic amines is 1. The number of hydrogen-bond acceptors (Lipinski definition) is 7. The summed E-state index contributed by atoms with van der Waals surface area (Å²) >= 11 is 2.43. The highest BCUT2D eigenvalue weighted by Crippen LogP contribution is 2.36. The summed E-state index contributed by atoms with van der Waals surface area (Å²) < 4.78 is 5.23. The number of aromatic nitrogens is 1. The first-order chi connectivity index (χ1) is 16.5. The summed E-state index contributed by atoms with van der Waals surface area (Å²) in [4.78, 5) is 56.0. The highest BCUT2D eigenvalue weighted by molar-refractivity contribution is 8.00. The van der Waals surface area contributed by atoms with Crippen molar-refractivity contribution in [1.82, 2.24) is 4.98 Å². The van der Waals surface area contributed by atoms with Crippen molar-refractivity contribution in [2.24, 2.45) is 0 Å². The summed E-state index contributed by atoms with van der Waals surface area (Å²) in [6.45, 7) is -0.367. The largest absolute Gasteiger partial charge is 0.454 e. The van der Waals surface area contributed by atoms with Crippen LogP contribution in [0.3, 0.4) is 0 Å². The van der Waals surface area contributed by atoms with Crippen molar-refractivity contribution in [3.8, 4) is 0 Å². The van der Waals surface area contributed by atoms with Gasteiger partial charge in [-0.1, -0.05) is 24.3 Å². The van der Waals surface area contributed by atoms with Crippen molar-refractivity contribution >= 4 is 63.3 Å². The zero-order valence-corrected chi connectivity index (χ0v) is 19.4. The lowest BCUT2D eigenvalue weighted by molar-refractivity contribution is -0.121. The first-order valence-electron chi connectivity index (χ1n) is 10.4. The van der Waals surface area contributed by atoms with E-state index in [2.05, 4.69) is 4.98 Å². The van der Waals surface area contributed by atoms with Crippen molar-refractivity contribution in [3.05, 3.63) is 82.7 Å². The Morgan fingerprint density at radius 1 is 1.09 bits per heavy atom. The molecule has 7 nitrogen and oxygen atoms in total. The third-order valence-corrected chi connectivity index (χ3v) is 7.58. The molecule has 0 bridgehead atoms. The molecule has 1 saturated heterocycles. The number of carbonyl (C=O) groups is 4. The Bertz CT molecular complexity index is 1410. The average Bonchev–Trinajstić information content (AvgIpc) is 3.58. The van der Waals surface area contributed by atoms with Gasteiger partial charge in [0.25, 0.3) is 0 Å². The van der Waals surface area contributed by atoms with E-state index in [1.54, 1.807) is 60.1 Å². The summed E-state index contributed by atoms with van der Waals surface area (Å²) in [6, 6.07) is 17.4. The number of hydrogen-bond donors (Lipinski definition) is 1. The molecule has 0 radical (unpaired) electrons. The number of esters is 1. The number of benzene rings is 2. The lowest BCUT2D eigenvalue weighted by Crippen LogP contribution is -2.31. The Morgan fingerprint density at radius 3 is 2.76 bits per heavy atom. The molecule has 34 heavy (non-hydrogen) atoms. The van der Waals surface area contributed by atoms with Crippen molar-refractivity contribution < 1.29 is 23.9 Å². The molecule has 1 fully saturated rings. The van der Waals surface area contributed by atoms with Crippen LogP contribution in [-0.4, -0.2) is 40.4 Å². The standard InChI is InChI=1S/C25H18N2O5S2/c28-19(21-6-3-11-33-21)14-32-25(31)17-4-1-2-5-20(17)34-22-13-23(29)27(24(22)30)16-8-7-15-9-10-26-18(15)12-16/h1-12,22,26H,13-14H2. The van der Waals surface area contributed by atoms with Crippen molar-refractivity contribution in [2.75, 3.05) is 11.5 Å². The van der Waals surface area contributed by atoms with E-state index in [9.17, 15) is 19.2 Å². The van der Waals surface area contributed by atoms with E-state index in [1.807, 2.05) is 12.1 Å². The number of thiophene rings is 1. The van der Waals surface area contributed by atoms with Gasteiger partial charge in [-0.15, -0.1) is 23.1 Å². The topological polar surface area (TPSA) is 96.5 Å². The minimum atomic E-state index is -0.673. The van der Waals surface area contributed by atoms with Crippen LogP contribution in [0.15, 0.2) is 77.1 Å². The normalized spacial score (nSPS) is 15.8. The number of nitrogens with one attached hydrogen (secondary N) is 1. The molecule has 1 N–H and O–H groups in total. The molecule has 0 saturated carbocycles. The van der Waals surface area contributed by atoms with Crippen LogP contribution in [0.5, 0.6) is 0 Å². The Morgan fingerprint density at radius 2 is 1.94 bits per heavy atom. The fourth-order valence-corrected chi connectivity index (χ4v) is 5.58. The predicted octanol–water partition coefficient (Wildman–Crippen LogP) is 4.69. The maximum Gasteiger partial charge on any atom is 0.339 e. The van der Waals surface area contributed by atoms with Crippen molar-refractivity contribution in [1.29, 1.82) is 0 Å². The molecule has 170 valence electrons. The first kappa shape index (κ1) is 22.1. The number of ether oxygens (including phenoxy) is 1. The second-order valence-electron chi connectivity index (χ2n) is 7.60. The van der Waals surface area contributed by atoms with Crippen molar-refractivity contribution in [2.45, 2.75) is 16.6 Å². The van der Waals surface area contributed by atoms with Gasteiger partial charge in [0.15, 0.2) is 6.61 Å². The molecule has 2 aromatic heterocycles. The van der Waals surface area contributed by atoms with E-state index in [1.165, 1.54) is 16.2 Å². The molecule has 5 rings (SSSR count). The van der Waals surface area contributed by atoms with Gasteiger partial charge in [-0.2, -0.15) is 0 Å². The SMILES string of the molecule is O=C(COC(=O)c1ccccc1SC1CC(=O)N(c2ccc3cc[nH]c3c2)C1=O)c1cccs1. The Kier molecular flexibility index (Phi) is 6.04. The molecule has 0 aliphatic carbocycles. The molecule has 9 heteroatoms. The minimum Gasteiger partial charge on any atom is -0.454 e. The summed E-state index contributed by atoms with van der Waals surface area (Å²) in [5.74, 6) is -1.56. The van der Waals surface area contributed by atoms with Gasteiger partial charge in [0.1, 0.15) is 0 Å². The van der Waals surface area contributed by atoms with Crippen LogP contribution in [0.1, 0.15) is 26.5 Å². The fourth-order valence-electron chi connectivity index (χ4n) is 3.75. The Hall–Kier alpha value is -3.69. The molecule has 2 aromatic carbocycles. The van der Waals surface area contributed by atoms with Gasteiger partial charge >= 0.3 is 5.97 Å². The lowest BCUT2D eigenvalue weighted by atomic mass is 10.2. The van der Waals surface area contributed by atoms with Gasteiger partial charge in [0.05, 0.1) is 21.4 Å². The van der Waals surface area contributed by atoms with Crippen LogP contribution in [0.25, 0.3) is 10.9 Å². The van der Waals surface area contributed by atoms with Gasteiger partial charge in [-0.05, 0) is 47.2 Å². The van der Waals surface area contributed by atoms with E-state index in [-0.39, 0.29) is 36.2 Å². The molecular formula is C25H18N2O5S2. The lowest BCUT2D eigenvalue weighted by Gasteiger charge is -2.16. The molecule has 4 aromatic rings. The molecule has 1 aliphatic rings. The van der Waals surface area contributed by atoms with Crippen LogP contribution in [0, 0.1) is 0 Å².